The molecular weight excluding hydrogens is 360 g/mol. The van der Waals surface area contributed by atoms with Crippen molar-refractivity contribution in [3.05, 3.63) is 59.1 Å². The van der Waals surface area contributed by atoms with E-state index in [4.69, 9.17) is 4.98 Å². The van der Waals surface area contributed by atoms with Crippen molar-refractivity contribution in [3.63, 3.8) is 0 Å². The molecule has 3 heterocycles. The number of amides is 1. The number of para-hydroxylation sites is 1. The van der Waals surface area contributed by atoms with E-state index in [-0.39, 0.29) is 17.2 Å². The number of thioether (sulfide) groups is 1. The number of carbonyl (C=O) groups is 1. The van der Waals surface area contributed by atoms with Crippen molar-refractivity contribution in [3.8, 4) is 0 Å². The first-order valence-electron chi connectivity index (χ1n) is 9.20. The van der Waals surface area contributed by atoms with Gasteiger partial charge < -0.3 is 4.90 Å². The molecule has 1 saturated heterocycles. The van der Waals surface area contributed by atoms with Crippen molar-refractivity contribution in [2.45, 2.75) is 41.9 Å². The molecule has 0 aliphatic carbocycles. The maximum Gasteiger partial charge on any atom is 0.236 e. The monoisotopic (exact) mass is 380 g/mol. The Bertz CT molecular complexity index is 909. The maximum absolute atomic E-state index is 13.3. The Morgan fingerprint density at radius 2 is 1.92 bits per heavy atom. The summed E-state index contributed by atoms with van der Waals surface area (Å²) in [6, 6.07) is 16.8. The summed E-state index contributed by atoms with van der Waals surface area (Å²) < 4.78 is 1.21. The van der Waals surface area contributed by atoms with E-state index in [1.165, 1.54) is 21.6 Å². The van der Waals surface area contributed by atoms with Gasteiger partial charge in [0.25, 0.3) is 0 Å². The predicted molar refractivity (Wildman–Crippen MR) is 108 cm³/mol. The zero-order valence-corrected chi connectivity index (χ0v) is 16.1. The Kier molecular flexibility index (Phi) is 4.21. The number of piperidine rings is 1. The first-order valence-corrected chi connectivity index (χ1v) is 10.9. The quantitative estimate of drug-likeness (QED) is 0.622. The molecule has 26 heavy (non-hydrogen) atoms. The summed E-state index contributed by atoms with van der Waals surface area (Å²) in [7, 11) is 0. The Morgan fingerprint density at radius 1 is 1.08 bits per heavy atom. The van der Waals surface area contributed by atoms with Crippen LogP contribution in [0, 0.1) is 0 Å². The van der Waals surface area contributed by atoms with Crippen LogP contribution in [0.4, 0.5) is 0 Å². The number of hydrogen-bond acceptors (Lipinski definition) is 4. The van der Waals surface area contributed by atoms with Crippen LogP contribution in [-0.4, -0.2) is 27.6 Å². The highest BCUT2D eigenvalue weighted by Crippen LogP contribution is 2.41. The fourth-order valence-electron chi connectivity index (χ4n) is 3.99. The number of thiazole rings is 1. The summed E-state index contributed by atoms with van der Waals surface area (Å²) in [4.78, 5) is 21.6. The van der Waals surface area contributed by atoms with Gasteiger partial charge in [0.2, 0.25) is 5.91 Å². The van der Waals surface area contributed by atoms with Gasteiger partial charge in [-0.3, -0.25) is 4.79 Å². The van der Waals surface area contributed by atoms with Crippen molar-refractivity contribution < 1.29 is 4.79 Å². The van der Waals surface area contributed by atoms with Gasteiger partial charge in [0, 0.05) is 11.4 Å². The number of rotatable bonds is 2. The molecule has 132 valence electrons. The van der Waals surface area contributed by atoms with Gasteiger partial charge in [-0.2, -0.15) is 0 Å². The largest absolute Gasteiger partial charge is 0.332 e. The number of fused-ring (bicyclic) bond motifs is 2. The summed E-state index contributed by atoms with van der Waals surface area (Å²) >= 11 is 3.47. The van der Waals surface area contributed by atoms with Gasteiger partial charge in [-0.25, -0.2) is 4.98 Å². The van der Waals surface area contributed by atoms with Crippen LogP contribution in [0.2, 0.25) is 0 Å². The van der Waals surface area contributed by atoms with Gasteiger partial charge in [0.15, 0.2) is 0 Å². The molecule has 0 bridgehead atoms. The minimum absolute atomic E-state index is 0.0161. The average molecular weight is 381 g/mol. The number of carbonyl (C=O) groups excluding carboxylic acids is 1. The molecule has 0 spiro atoms. The normalized spacial score (nSPS) is 22.5. The van der Waals surface area contributed by atoms with Crippen molar-refractivity contribution in [1.82, 2.24) is 9.88 Å². The second-order valence-corrected chi connectivity index (χ2v) is 9.29. The SMILES string of the molecule is O=C(C1Cc2ccccc2S1)N1CCCCC1c1nc2ccccc2s1. The van der Waals surface area contributed by atoms with Crippen LogP contribution in [0.25, 0.3) is 10.2 Å². The van der Waals surface area contributed by atoms with Gasteiger partial charge >= 0.3 is 0 Å². The van der Waals surface area contributed by atoms with E-state index < -0.39 is 0 Å². The van der Waals surface area contributed by atoms with Gasteiger partial charge in [-0.05, 0) is 49.4 Å². The van der Waals surface area contributed by atoms with Crippen LogP contribution in [-0.2, 0) is 11.2 Å². The summed E-state index contributed by atoms with van der Waals surface area (Å²) in [6.07, 6.45) is 4.14. The summed E-state index contributed by atoms with van der Waals surface area (Å²) in [5, 5.41) is 1.11. The van der Waals surface area contributed by atoms with Gasteiger partial charge in [0.1, 0.15) is 5.01 Å². The Hall–Kier alpha value is -1.85. The zero-order valence-electron chi connectivity index (χ0n) is 14.4. The minimum atomic E-state index is 0.0161. The lowest BCUT2D eigenvalue weighted by Crippen LogP contribution is -2.43. The Balaban J connectivity index is 1.42. The highest BCUT2D eigenvalue weighted by molar-refractivity contribution is 8.01. The second kappa shape index (κ2) is 6.71. The lowest BCUT2D eigenvalue weighted by atomic mass is 10.0. The molecule has 0 N–H and O–H groups in total. The highest BCUT2D eigenvalue weighted by atomic mass is 32.2. The lowest BCUT2D eigenvalue weighted by Gasteiger charge is -2.36. The number of aromatic nitrogens is 1. The van der Waals surface area contributed by atoms with E-state index in [0.29, 0.717) is 0 Å². The van der Waals surface area contributed by atoms with E-state index in [1.807, 2.05) is 6.07 Å². The molecule has 0 radical (unpaired) electrons. The lowest BCUT2D eigenvalue weighted by molar-refractivity contribution is -0.134. The third-order valence-corrected chi connectivity index (χ3v) is 7.75. The summed E-state index contributed by atoms with van der Waals surface area (Å²) in [5.74, 6) is 0.287. The van der Waals surface area contributed by atoms with Gasteiger partial charge in [0.05, 0.1) is 21.5 Å². The van der Waals surface area contributed by atoms with Crippen LogP contribution in [0.1, 0.15) is 35.9 Å². The average Bonchev–Trinajstić information content (AvgIpc) is 3.31. The fourth-order valence-corrected chi connectivity index (χ4v) is 6.37. The van der Waals surface area contributed by atoms with Crippen molar-refractivity contribution in [1.29, 1.82) is 0 Å². The molecule has 3 aromatic rings. The third-order valence-electron chi connectivity index (χ3n) is 5.30. The van der Waals surface area contributed by atoms with E-state index in [1.54, 1.807) is 23.1 Å². The van der Waals surface area contributed by atoms with E-state index in [2.05, 4.69) is 47.4 Å². The van der Waals surface area contributed by atoms with Crippen LogP contribution in [0.5, 0.6) is 0 Å². The molecule has 2 unspecified atom stereocenters. The molecule has 2 aromatic carbocycles. The first-order chi connectivity index (χ1) is 12.8. The molecule has 1 amide bonds. The molecule has 0 saturated carbocycles. The van der Waals surface area contributed by atoms with Crippen LogP contribution in [0.3, 0.4) is 0 Å². The van der Waals surface area contributed by atoms with Crippen molar-refractivity contribution in [2.24, 2.45) is 0 Å². The zero-order chi connectivity index (χ0) is 17.5. The van der Waals surface area contributed by atoms with Crippen LogP contribution in [0.15, 0.2) is 53.4 Å². The molecule has 1 aromatic heterocycles. The Morgan fingerprint density at radius 3 is 2.81 bits per heavy atom. The smallest absolute Gasteiger partial charge is 0.236 e. The molecule has 3 nitrogen and oxygen atoms in total. The highest BCUT2D eigenvalue weighted by Gasteiger charge is 2.37. The molecule has 2 atom stereocenters. The number of hydrogen-bond donors (Lipinski definition) is 0. The van der Waals surface area contributed by atoms with Crippen LogP contribution >= 0.6 is 23.1 Å². The predicted octanol–water partition coefficient (Wildman–Crippen LogP) is 5.07. The maximum atomic E-state index is 13.3. The summed E-state index contributed by atoms with van der Waals surface area (Å²) in [5.41, 5.74) is 2.36. The summed E-state index contributed by atoms with van der Waals surface area (Å²) in [6.45, 7) is 0.854. The number of nitrogens with zero attached hydrogens (tertiary/aromatic N) is 2. The van der Waals surface area contributed by atoms with Gasteiger partial charge in [-0.1, -0.05) is 30.3 Å². The third kappa shape index (κ3) is 2.83. The van der Waals surface area contributed by atoms with E-state index >= 15 is 0 Å². The van der Waals surface area contributed by atoms with E-state index in [9.17, 15) is 4.79 Å². The number of likely N-dealkylation sites (tertiary alicyclic amines) is 1. The number of benzene rings is 2. The molecule has 2 aliphatic heterocycles. The molecule has 1 fully saturated rings. The molecule has 2 aliphatic rings. The van der Waals surface area contributed by atoms with Crippen molar-refractivity contribution in [2.75, 3.05) is 6.54 Å². The fraction of sp³-hybridized carbons (Fsp3) is 0.333. The molecular formula is C21H20N2OS2. The topological polar surface area (TPSA) is 33.2 Å². The van der Waals surface area contributed by atoms with Crippen LogP contribution < -0.4 is 0 Å². The molecule has 5 rings (SSSR count). The standard InChI is InChI=1S/C21H20N2OS2/c24-21(19-13-14-7-1-3-10-17(14)25-19)23-12-6-5-9-16(23)20-22-15-8-2-4-11-18(15)26-20/h1-4,7-8,10-11,16,19H,5-6,9,12-13H2. The minimum Gasteiger partial charge on any atom is -0.332 e. The van der Waals surface area contributed by atoms with Crippen molar-refractivity contribution >= 4 is 39.2 Å². The first kappa shape index (κ1) is 16.3. The van der Waals surface area contributed by atoms with Gasteiger partial charge in [-0.15, -0.1) is 23.1 Å². The Labute approximate surface area is 161 Å². The second-order valence-electron chi connectivity index (χ2n) is 6.98. The van der Waals surface area contributed by atoms with E-state index in [0.717, 1.165) is 36.3 Å². The molecule has 5 heteroatoms.